The topological polar surface area (TPSA) is 33.7 Å². The van der Waals surface area contributed by atoms with Crippen molar-refractivity contribution in [3.63, 3.8) is 0 Å². The first kappa shape index (κ1) is 16.6. The highest BCUT2D eigenvalue weighted by Gasteiger charge is 2.07. The Morgan fingerprint density at radius 2 is 1.95 bits per heavy atom. The minimum atomic E-state index is 0.754. The number of ether oxygens (including phenoxy) is 2. The molecule has 0 spiro atoms. The van der Waals surface area contributed by atoms with Gasteiger partial charge in [-0.05, 0) is 42.8 Å². The molecule has 1 aromatic rings. The summed E-state index contributed by atoms with van der Waals surface area (Å²) >= 11 is 5.32. The summed E-state index contributed by atoms with van der Waals surface area (Å²) < 4.78 is 10.5. The predicted molar refractivity (Wildman–Crippen MR) is 86.8 cm³/mol. The van der Waals surface area contributed by atoms with Gasteiger partial charge in [0.1, 0.15) is 0 Å². The number of hydrogen-bond acceptors (Lipinski definition) is 3. The molecule has 0 atom stereocenters. The lowest BCUT2D eigenvalue weighted by atomic mass is 10.1. The SMILES string of the molecule is CCCNC(=S)N(C)CCc1ccc(OC)c(OC)c1. The number of methoxy groups -OCH3 is 2. The van der Waals surface area contributed by atoms with Crippen molar-refractivity contribution in [2.24, 2.45) is 0 Å². The Labute approximate surface area is 127 Å². The number of nitrogens with zero attached hydrogens (tertiary/aromatic N) is 1. The third-order valence-electron chi connectivity index (χ3n) is 3.06. The van der Waals surface area contributed by atoms with Gasteiger partial charge in [0.15, 0.2) is 16.6 Å². The molecule has 0 bridgehead atoms. The molecule has 0 heterocycles. The summed E-state index contributed by atoms with van der Waals surface area (Å²) in [5.74, 6) is 1.52. The van der Waals surface area contributed by atoms with Crippen LogP contribution in [0.3, 0.4) is 0 Å². The second-order valence-electron chi connectivity index (χ2n) is 4.59. The molecule has 0 fully saturated rings. The highest BCUT2D eigenvalue weighted by Crippen LogP contribution is 2.27. The summed E-state index contributed by atoms with van der Waals surface area (Å²) in [6.45, 7) is 3.91. The quantitative estimate of drug-likeness (QED) is 0.782. The minimum absolute atomic E-state index is 0.754. The van der Waals surface area contributed by atoms with Crippen LogP contribution >= 0.6 is 12.2 Å². The molecule has 0 aliphatic carbocycles. The molecule has 0 aliphatic heterocycles. The van der Waals surface area contributed by atoms with Crippen molar-refractivity contribution < 1.29 is 9.47 Å². The third kappa shape index (κ3) is 4.89. The van der Waals surface area contributed by atoms with E-state index >= 15 is 0 Å². The maximum Gasteiger partial charge on any atom is 0.168 e. The smallest absolute Gasteiger partial charge is 0.168 e. The van der Waals surface area contributed by atoms with Crippen LogP contribution in [0.4, 0.5) is 0 Å². The fourth-order valence-corrected chi connectivity index (χ4v) is 1.99. The average molecular weight is 296 g/mol. The van der Waals surface area contributed by atoms with Crippen molar-refractivity contribution in [3.05, 3.63) is 23.8 Å². The monoisotopic (exact) mass is 296 g/mol. The molecular weight excluding hydrogens is 272 g/mol. The molecule has 0 amide bonds. The van der Waals surface area contributed by atoms with Gasteiger partial charge in [0.05, 0.1) is 14.2 Å². The van der Waals surface area contributed by atoms with E-state index in [2.05, 4.69) is 23.2 Å². The molecule has 5 heteroatoms. The maximum atomic E-state index is 5.32. The van der Waals surface area contributed by atoms with Crippen molar-refractivity contribution >= 4 is 17.3 Å². The number of thiocarbonyl (C=S) groups is 1. The van der Waals surface area contributed by atoms with Gasteiger partial charge in [-0.1, -0.05) is 13.0 Å². The van der Waals surface area contributed by atoms with Crippen molar-refractivity contribution in [1.82, 2.24) is 10.2 Å². The standard InChI is InChI=1S/C15H24N2O2S/c1-5-9-16-15(20)17(2)10-8-12-6-7-13(18-3)14(11-12)19-4/h6-7,11H,5,8-10H2,1-4H3,(H,16,20). The number of nitrogens with one attached hydrogen (secondary N) is 1. The largest absolute Gasteiger partial charge is 0.493 e. The van der Waals surface area contributed by atoms with Gasteiger partial charge in [-0.3, -0.25) is 0 Å². The van der Waals surface area contributed by atoms with Crippen LogP contribution in [-0.2, 0) is 6.42 Å². The van der Waals surface area contributed by atoms with E-state index < -0.39 is 0 Å². The highest BCUT2D eigenvalue weighted by molar-refractivity contribution is 7.80. The number of rotatable bonds is 7. The van der Waals surface area contributed by atoms with Crippen molar-refractivity contribution in [1.29, 1.82) is 0 Å². The van der Waals surface area contributed by atoms with Crippen molar-refractivity contribution in [2.45, 2.75) is 19.8 Å². The van der Waals surface area contributed by atoms with Gasteiger partial charge in [0.2, 0.25) is 0 Å². The zero-order chi connectivity index (χ0) is 15.0. The van der Waals surface area contributed by atoms with Crippen molar-refractivity contribution in [3.8, 4) is 11.5 Å². The molecule has 0 saturated heterocycles. The maximum absolute atomic E-state index is 5.32. The lowest BCUT2D eigenvalue weighted by Gasteiger charge is -2.21. The first-order chi connectivity index (χ1) is 9.62. The molecule has 1 aromatic carbocycles. The zero-order valence-corrected chi connectivity index (χ0v) is 13.5. The summed E-state index contributed by atoms with van der Waals surface area (Å²) in [6.07, 6.45) is 1.98. The van der Waals surface area contributed by atoms with Gasteiger partial charge in [-0.25, -0.2) is 0 Å². The van der Waals surface area contributed by atoms with E-state index in [-0.39, 0.29) is 0 Å². The fraction of sp³-hybridized carbons (Fsp3) is 0.533. The normalized spacial score (nSPS) is 10.0. The summed E-state index contributed by atoms with van der Waals surface area (Å²) in [7, 11) is 5.30. The average Bonchev–Trinajstić information content (AvgIpc) is 2.49. The summed E-state index contributed by atoms with van der Waals surface area (Å²) in [5.41, 5.74) is 1.20. The molecule has 4 nitrogen and oxygen atoms in total. The summed E-state index contributed by atoms with van der Waals surface area (Å²) in [5, 5.41) is 4.02. The first-order valence-corrected chi connectivity index (χ1v) is 7.23. The van der Waals surface area contributed by atoms with Crippen LogP contribution in [0.1, 0.15) is 18.9 Å². The molecular formula is C15H24N2O2S. The second kappa shape index (κ2) is 8.64. The zero-order valence-electron chi connectivity index (χ0n) is 12.7. The Bertz CT molecular complexity index is 438. The molecule has 0 radical (unpaired) electrons. The van der Waals surface area contributed by atoms with E-state index in [0.717, 1.165) is 42.5 Å². The lowest BCUT2D eigenvalue weighted by Crippen LogP contribution is -2.38. The van der Waals surface area contributed by atoms with E-state index in [1.807, 2.05) is 19.2 Å². The van der Waals surface area contributed by atoms with Crippen LogP contribution in [0.2, 0.25) is 0 Å². The van der Waals surface area contributed by atoms with Gasteiger partial charge in [0.25, 0.3) is 0 Å². The molecule has 1 N–H and O–H groups in total. The molecule has 0 aliphatic rings. The van der Waals surface area contributed by atoms with Crippen LogP contribution in [0, 0.1) is 0 Å². The van der Waals surface area contributed by atoms with E-state index in [1.54, 1.807) is 14.2 Å². The van der Waals surface area contributed by atoms with Gasteiger partial charge in [-0.15, -0.1) is 0 Å². The molecule has 0 unspecified atom stereocenters. The third-order valence-corrected chi connectivity index (χ3v) is 3.51. The molecule has 20 heavy (non-hydrogen) atoms. The van der Waals surface area contributed by atoms with E-state index in [9.17, 15) is 0 Å². The van der Waals surface area contributed by atoms with E-state index in [1.165, 1.54) is 5.56 Å². The number of likely N-dealkylation sites (N-methyl/N-ethyl adjacent to an activating group) is 1. The van der Waals surface area contributed by atoms with Gasteiger partial charge in [-0.2, -0.15) is 0 Å². The van der Waals surface area contributed by atoms with E-state index in [4.69, 9.17) is 21.7 Å². The predicted octanol–water partition coefficient (Wildman–Crippen LogP) is 2.46. The van der Waals surface area contributed by atoms with Crippen LogP contribution in [-0.4, -0.2) is 44.4 Å². The van der Waals surface area contributed by atoms with Crippen molar-refractivity contribution in [2.75, 3.05) is 34.4 Å². The molecule has 0 saturated carbocycles. The van der Waals surface area contributed by atoms with E-state index in [0.29, 0.717) is 0 Å². The molecule has 1 rings (SSSR count). The van der Waals surface area contributed by atoms with Crippen LogP contribution in [0.5, 0.6) is 11.5 Å². The van der Waals surface area contributed by atoms with Gasteiger partial charge < -0.3 is 19.7 Å². The van der Waals surface area contributed by atoms with Gasteiger partial charge in [0, 0.05) is 20.1 Å². The number of benzene rings is 1. The lowest BCUT2D eigenvalue weighted by molar-refractivity contribution is 0.354. The summed E-state index contributed by atoms with van der Waals surface area (Å²) in [6, 6.07) is 5.99. The Hall–Kier alpha value is -1.49. The molecule has 112 valence electrons. The molecule has 0 aromatic heterocycles. The van der Waals surface area contributed by atoms with Gasteiger partial charge >= 0.3 is 0 Å². The second-order valence-corrected chi connectivity index (χ2v) is 4.98. The summed E-state index contributed by atoms with van der Waals surface area (Å²) in [4.78, 5) is 2.06. The first-order valence-electron chi connectivity index (χ1n) is 6.82. The highest BCUT2D eigenvalue weighted by atomic mass is 32.1. The minimum Gasteiger partial charge on any atom is -0.493 e. The van der Waals surface area contributed by atoms with Crippen LogP contribution < -0.4 is 14.8 Å². The number of hydrogen-bond donors (Lipinski definition) is 1. The Kier molecular flexibility index (Phi) is 7.15. The Balaban J connectivity index is 2.54. The Morgan fingerprint density at radius 1 is 1.25 bits per heavy atom. The van der Waals surface area contributed by atoms with Crippen LogP contribution in [0.25, 0.3) is 0 Å². The van der Waals surface area contributed by atoms with Crippen LogP contribution in [0.15, 0.2) is 18.2 Å². The Morgan fingerprint density at radius 3 is 2.55 bits per heavy atom. The fourth-order valence-electron chi connectivity index (χ4n) is 1.80.